The summed E-state index contributed by atoms with van der Waals surface area (Å²) in [5.41, 5.74) is 1.90. The maximum absolute atomic E-state index is 13.2. The molecule has 1 aromatic heterocycles. The molecule has 0 spiro atoms. The second-order valence-electron chi connectivity index (χ2n) is 7.11. The van der Waals surface area contributed by atoms with E-state index in [0.29, 0.717) is 17.4 Å². The lowest BCUT2D eigenvalue weighted by Gasteiger charge is -2.19. The van der Waals surface area contributed by atoms with Crippen LogP contribution < -0.4 is 5.32 Å². The molecule has 8 heteroatoms. The van der Waals surface area contributed by atoms with Crippen LogP contribution in [0.4, 0.5) is 14.6 Å². The second kappa shape index (κ2) is 8.43. The lowest BCUT2D eigenvalue weighted by molar-refractivity contribution is -0.119. The van der Waals surface area contributed by atoms with Gasteiger partial charge in [-0.15, -0.1) is 0 Å². The topological polar surface area (TPSA) is 84.1 Å². The van der Waals surface area contributed by atoms with Crippen LogP contribution in [-0.2, 0) is 9.53 Å². The van der Waals surface area contributed by atoms with Gasteiger partial charge in [0.25, 0.3) is 5.91 Å². The Morgan fingerprint density at radius 1 is 1.24 bits per heavy atom. The molecule has 1 saturated carbocycles. The fraction of sp³-hybridized carbons (Fsp3) is 0.381. The normalized spacial score (nSPS) is 13.9. The van der Waals surface area contributed by atoms with E-state index in [1.165, 1.54) is 0 Å². The first-order chi connectivity index (χ1) is 13.8. The average Bonchev–Trinajstić information content (AvgIpc) is 3.29. The summed E-state index contributed by atoms with van der Waals surface area (Å²) in [6, 6.07) is 4.93. The lowest BCUT2D eigenvalue weighted by Crippen LogP contribution is -2.24. The fourth-order valence-electron chi connectivity index (χ4n) is 3.71. The van der Waals surface area contributed by atoms with Gasteiger partial charge >= 0.3 is 5.97 Å². The molecule has 152 valence electrons. The van der Waals surface area contributed by atoms with Gasteiger partial charge in [0.1, 0.15) is 11.9 Å². The van der Waals surface area contributed by atoms with Gasteiger partial charge in [0.2, 0.25) is 0 Å². The molecule has 6 nitrogen and oxygen atoms in total. The van der Waals surface area contributed by atoms with Gasteiger partial charge in [0.15, 0.2) is 18.2 Å². The monoisotopic (exact) mass is 401 g/mol. The third-order valence-corrected chi connectivity index (χ3v) is 5.31. The highest BCUT2D eigenvalue weighted by molar-refractivity contribution is 5.96. The third kappa shape index (κ3) is 4.14. The summed E-state index contributed by atoms with van der Waals surface area (Å²) >= 11 is 0. The molecule has 1 aliphatic carbocycles. The molecule has 0 saturated heterocycles. The van der Waals surface area contributed by atoms with E-state index < -0.39 is 30.1 Å². The molecule has 1 aliphatic rings. The van der Waals surface area contributed by atoms with Gasteiger partial charge in [0.05, 0.1) is 11.1 Å². The maximum atomic E-state index is 13.2. The smallest absolute Gasteiger partial charge is 0.338 e. The molecule has 0 atom stereocenters. The van der Waals surface area contributed by atoms with Gasteiger partial charge in [-0.05, 0) is 50.5 Å². The molecular weight excluding hydrogens is 380 g/mol. The Balaban J connectivity index is 1.73. The Morgan fingerprint density at radius 3 is 2.55 bits per heavy atom. The van der Waals surface area contributed by atoms with Crippen molar-refractivity contribution in [1.29, 1.82) is 5.26 Å². The van der Waals surface area contributed by atoms with Crippen LogP contribution in [-0.4, -0.2) is 23.1 Å². The van der Waals surface area contributed by atoms with E-state index in [1.807, 2.05) is 18.4 Å². The summed E-state index contributed by atoms with van der Waals surface area (Å²) in [5.74, 6) is -3.42. The van der Waals surface area contributed by atoms with Crippen molar-refractivity contribution in [1.82, 2.24) is 4.57 Å². The number of anilines is 1. The number of hydrogen-bond donors (Lipinski definition) is 1. The van der Waals surface area contributed by atoms with Crippen molar-refractivity contribution in [2.75, 3.05) is 11.9 Å². The number of nitrogens with zero attached hydrogens (tertiary/aromatic N) is 2. The zero-order valence-corrected chi connectivity index (χ0v) is 16.2. The van der Waals surface area contributed by atoms with Gasteiger partial charge in [-0.2, -0.15) is 5.26 Å². The predicted octanol–water partition coefficient (Wildman–Crippen LogP) is 4.17. The molecule has 1 aromatic carbocycles. The maximum Gasteiger partial charge on any atom is 0.338 e. The number of carbonyl (C=O) groups excluding carboxylic acids is 2. The van der Waals surface area contributed by atoms with Crippen LogP contribution in [0.5, 0.6) is 0 Å². The number of hydrogen-bond acceptors (Lipinski definition) is 4. The minimum Gasteiger partial charge on any atom is -0.452 e. The Kier molecular flexibility index (Phi) is 5.97. The number of aromatic nitrogens is 1. The number of nitrogens with one attached hydrogen (secondary N) is 1. The highest BCUT2D eigenvalue weighted by atomic mass is 19.2. The van der Waals surface area contributed by atoms with Crippen molar-refractivity contribution in [2.45, 2.75) is 45.6 Å². The van der Waals surface area contributed by atoms with Crippen molar-refractivity contribution >= 4 is 17.7 Å². The van der Waals surface area contributed by atoms with Gasteiger partial charge in [-0.3, -0.25) is 4.79 Å². The second-order valence-corrected chi connectivity index (χ2v) is 7.11. The number of amides is 1. The molecule has 0 bridgehead atoms. The average molecular weight is 401 g/mol. The number of halogens is 2. The molecule has 1 N–H and O–H groups in total. The number of esters is 1. The molecule has 2 aromatic rings. The SMILES string of the molecule is Cc1c(C#N)c(NC(=O)COC(=O)c2ccc(F)c(F)c2)n(C2CCCC2)c1C. The van der Waals surface area contributed by atoms with Gasteiger partial charge in [-0.1, -0.05) is 12.8 Å². The van der Waals surface area contributed by atoms with Gasteiger partial charge < -0.3 is 14.6 Å². The van der Waals surface area contributed by atoms with E-state index in [9.17, 15) is 23.6 Å². The quantitative estimate of drug-likeness (QED) is 0.763. The number of nitriles is 1. The molecule has 0 aliphatic heterocycles. The summed E-state index contributed by atoms with van der Waals surface area (Å²) in [4.78, 5) is 24.4. The number of benzene rings is 1. The van der Waals surface area contributed by atoms with E-state index in [0.717, 1.165) is 49.1 Å². The van der Waals surface area contributed by atoms with Crippen LogP contribution in [0.2, 0.25) is 0 Å². The molecular formula is C21H21F2N3O3. The van der Waals surface area contributed by atoms with E-state index in [1.54, 1.807) is 0 Å². The first kappa shape index (κ1) is 20.5. The third-order valence-electron chi connectivity index (χ3n) is 5.31. The van der Waals surface area contributed by atoms with Crippen molar-refractivity contribution < 1.29 is 23.1 Å². The van der Waals surface area contributed by atoms with Gasteiger partial charge in [-0.25, -0.2) is 13.6 Å². The fourth-order valence-corrected chi connectivity index (χ4v) is 3.71. The van der Waals surface area contributed by atoms with Crippen molar-refractivity contribution in [2.24, 2.45) is 0 Å². The number of carbonyl (C=O) groups is 2. The minimum absolute atomic E-state index is 0.199. The standard InChI is InChI=1S/C21H21F2N3O3/c1-12-13(2)26(15-5-3-4-6-15)20(16(12)10-24)25-19(27)11-29-21(28)14-7-8-17(22)18(23)9-14/h7-9,15H,3-6,11H2,1-2H3,(H,25,27). The summed E-state index contributed by atoms with van der Waals surface area (Å²) in [6.07, 6.45) is 4.10. The van der Waals surface area contributed by atoms with E-state index >= 15 is 0 Å². The number of ether oxygens (including phenoxy) is 1. The minimum atomic E-state index is -1.18. The summed E-state index contributed by atoms with van der Waals surface area (Å²) in [5, 5.41) is 12.2. The summed E-state index contributed by atoms with van der Waals surface area (Å²) < 4.78 is 33.1. The molecule has 29 heavy (non-hydrogen) atoms. The van der Waals surface area contributed by atoms with Crippen LogP contribution in [0.15, 0.2) is 18.2 Å². The highest BCUT2D eigenvalue weighted by Crippen LogP contribution is 2.37. The van der Waals surface area contributed by atoms with Crippen LogP contribution in [0.25, 0.3) is 0 Å². The van der Waals surface area contributed by atoms with Crippen LogP contribution in [0.1, 0.15) is 58.9 Å². The van der Waals surface area contributed by atoms with Crippen molar-refractivity contribution in [3.63, 3.8) is 0 Å². The van der Waals surface area contributed by atoms with Crippen molar-refractivity contribution in [3.05, 3.63) is 52.2 Å². The number of rotatable bonds is 5. The summed E-state index contributed by atoms with van der Waals surface area (Å²) in [6.45, 7) is 3.13. The molecule has 1 amide bonds. The molecule has 0 unspecified atom stereocenters. The predicted molar refractivity (Wildman–Crippen MR) is 101 cm³/mol. The first-order valence-corrected chi connectivity index (χ1v) is 9.37. The van der Waals surface area contributed by atoms with Gasteiger partial charge in [0, 0.05) is 11.7 Å². The largest absolute Gasteiger partial charge is 0.452 e. The zero-order chi connectivity index (χ0) is 21.1. The molecule has 0 radical (unpaired) electrons. The first-order valence-electron chi connectivity index (χ1n) is 9.37. The Bertz CT molecular complexity index is 1000. The van der Waals surface area contributed by atoms with Crippen molar-refractivity contribution in [3.8, 4) is 6.07 Å². The summed E-state index contributed by atoms with van der Waals surface area (Å²) in [7, 11) is 0. The Hall–Kier alpha value is -3.21. The van der Waals surface area contributed by atoms with Crippen LogP contribution >= 0.6 is 0 Å². The Labute approximate surface area is 167 Å². The zero-order valence-electron chi connectivity index (χ0n) is 16.2. The van der Waals surface area contributed by atoms with E-state index in [4.69, 9.17) is 4.74 Å². The highest BCUT2D eigenvalue weighted by Gasteiger charge is 2.27. The van der Waals surface area contributed by atoms with E-state index in [2.05, 4.69) is 11.4 Å². The van der Waals surface area contributed by atoms with E-state index in [-0.39, 0.29) is 11.6 Å². The van der Waals surface area contributed by atoms with Crippen LogP contribution in [0, 0.1) is 36.8 Å². The lowest BCUT2D eigenvalue weighted by atomic mass is 10.2. The molecule has 1 heterocycles. The molecule has 3 rings (SSSR count). The molecule has 1 fully saturated rings. The van der Waals surface area contributed by atoms with Crippen LogP contribution in [0.3, 0.4) is 0 Å². The Morgan fingerprint density at radius 2 is 1.93 bits per heavy atom.